The van der Waals surface area contributed by atoms with Crippen molar-refractivity contribution in [3.8, 4) is 0 Å². The van der Waals surface area contributed by atoms with Gasteiger partial charge in [-0.2, -0.15) is 0 Å². The van der Waals surface area contributed by atoms with Gasteiger partial charge in [-0.15, -0.1) is 0 Å². The SMILES string of the molecule is CC[C@H](C)CCN(C)C(C)C. The Morgan fingerprint density at radius 3 is 2.09 bits per heavy atom. The Balaban J connectivity index is 3.37. The molecule has 0 aliphatic rings. The Kier molecular flexibility index (Phi) is 5.57. The molecule has 0 spiro atoms. The van der Waals surface area contributed by atoms with Gasteiger partial charge in [0.1, 0.15) is 0 Å². The number of hydrogen-bond acceptors (Lipinski definition) is 1. The van der Waals surface area contributed by atoms with Crippen LogP contribution in [0, 0.1) is 5.92 Å². The van der Waals surface area contributed by atoms with Gasteiger partial charge >= 0.3 is 0 Å². The minimum absolute atomic E-state index is 0.694. The molecule has 0 fully saturated rings. The molecule has 0 rings (SSSR count). The van der Waals surface area contributed by atoms with Gasteiger partial charge < -0.3 is 4.90 Å². The zero-order chi connectivity index (χ0) is 8.85. The predicted molar refractivity (Wildman–Crippen MR) is 51.8 cm³/mol. The molecule has 0 aliphatic carbocycles. The number of nitrogens with zero attached hydrogens (tertiary/aromatic N) is 1. The van der Waals surface area contributed by atoms with Crippen molar-refractivity contribution < 1.29 is 0 Å². The third-order valence-electron chi connectivity index (χ3n) is 2.55. The molecule has 0 heterocycles. The highest BCUT2D eigenvalue weighted by Crippen LogP contribution is 2.07. The van der Waals surface area contributed by atoms with E-state index >= 15 is 0 Å². The van der Waals surface area contributed by atoms with Crippen molar-refractivity contribution in [2.75, 3.05) is 13.6 Å². The van der Waals surface area contributed by atoms with Crippen molar-refractivity contribution >= 4 is 0 Å². The van der Waals surface area contributed by atoms with Gasteiger partial charge in [-0.1, -0.05) is 20.3 Å². The lowest BCUT2D eigenvalue weighted by Gasteiger charge is -2.22. The first kappa shape index (κ1) is 11.0. The lowest BCUT2D eigenvalue weighted by molar-refractivity contribution is 0.253. The average Bonchev–Trinajstić information content (AvgIpc) is 1.99. The van der Waals surface area contributed by atoms with Crippen LogP contribution < -0.4 is 0 Å². The van der Waals surface area contributed by atoms with Gasteiger partial charge in [0.2, 0.25) is 0 Å². The van der Waals surface area contributed by atoms with Crippen LogP contribution in [0.15, 0.2) is 0 Å². The van der Waals surface area contributed by atoms with Crippen LogP contribution >= 0.6 is 0 Å². The van der Waals surface area contributed by atoms with Crippen LogP contribution in [0.3, 0.4) is 0 Å². The monoisotopic (exact) mass is 157 g/mol. The van der Waals surface area contributed by atoms with Crippen molar-refractivity contribution in [1.82, 2.24) is 4.90 Å². The average molecular weight is 157 g/mol. The second-order valence-corrected chi connectivity index (χ2v) is 3.88. The van der Waals surface area contributed by atoms with Crippen molar-refractivity contribution in [2.45, 2.75) is 46.6 Å². The normalized spacial score (nSPS) is 14.5. The van der Waals surface area contributed by atoms with E-state index in [0.29, 0.717) is 6.04 Å². The largest absolute Gasteiger partial charge is 0.304 e. The first-order valence-corrected chi connectivity index (χ1v) is 4.78. The highest BCUT2D eigenvalue weighted by Gasteiger charge is 2.04. The van der Waals surface area contributed by atoms with Gasteiger partial charge in [0.15, 0.2) is 0 Å². The second kappa shape index (κ2) is 5.59. The fourth-order valence-electron chi connectivity index (χ4n) is 0.886. The number of rotatable bonds is 5. The summed E-state index contributed by atoms with van der Waals surface area (Å²) in [6.45, 7) is 10.3. The van der Waals surface area contributed by atoms with Crippen LogP contribution in [0.1, 0.15) is 40.5 Å². The smallest absolute Gasteiger partial charge is 0.00355 e. The van der Waals surface area contributed by atoms with Crippen LogP contribution in [0.5, 0.6) is 0 Å². The molecule has 0 amide bonds. The molecule has 1 heteroatoms. The Bertz CT molecular complexity index is 88.9. The third-order valence-corrected chi connectivity index (χ3v) is 2.55. The van der Waals surface area contributed by atoms with Crippen molar-refractivity contribution in [1.29, 1.82) is 0 Å². The van der Waals surface area contributed by atoms with Gasteiger partial charge in [0.25, 0.3) is 0 Å². The third kappa shape index (κ3) is 5.25. The first-order valence-electron chi connectivity index (χ1n) is 4.78. The van der Waals surface area contributed by atoms with Gasteiger partial charge in [-0.25, -0.2) is 0 Å². The first-order chi connectivity index (χ1) is 5.07. The van der Waals surface area contributed by atoms with Crippen LogP contribution in [-0.4, -0.2) is 24.5 Å². The Morgan fingerprint density at radius 1 is 1.18 bits per heavy atom. The van der Waals surface area contributed by atoms with Crippen LogP contribution in [0.4, 0.5) is 0 Å². The van der Waals surface area contributed by atoms with E-state index in [2.05, 4.69) is 39.6 Å². The van der Waals surface area contributed by atoms with Crippen molar-refractivity contribution in [3.05, 3.63) is 0 Å². The quantitative estimate of drug-likeness (QED) is 0.593. The van der Waals surface area contributed by atoms with Gasteiger partial charge in [-0.05, 0) is 39.8 Å². The molecule has 0 bridgehead atoms. The maximum atomic E-state index is 2.41. The van der Waals surface area contributed by atoms with E-state index < -0.39 is 0 Å². The molecule has 0 unspecified atom stereocenters. The molecule has 0 aromatic heterocycles. The lowest BCUT2D eigenvalue weighted by Crippen LogP contribution is -2.28. The van der Waals surface area contributed by atoms with E-state index in [1.165, 1.54) is 19.4 Å². The highest BCUT2D eigenvalue weighted by atomic mass is 15.1. The minimum atomic E-state index is 0.694. The maximum Gasteiger partial charge on any atom is 0.00355 e. The van der Waals surface area contributed by atoms with E-state index in [1.54, 1.807) is 0 Å². The van der Waals surface area contributed by atoms with E-state index in [-0.39, 0.29) is 0 Å². The molecule has 0 saturated carbocycles. The molecule has 68 valence electrons. The Hall–Kier alpha value is -0.0400. The van der Waals surface area contributed by atoms with Crippen LogP contribution in [0.25, 0.3) is 0 Å². The predicted octanol–water partition coefficient (Wildman–Crippen LogP) is 2.76. The Labute approximate surface area is 71.8 Å². The highest BCUT2D eigenvalue weighted by molar-refractivity contribution is 4.59. The summed E-state index contributed by atoms with van der Waals surface area (Å²) in [7, 11) is 2.20. The van der Waals surface area contributed by atoms with Crippen molar-refractivity contribution in [3.63, 3.8) is 0 Å². The summed E-state index contributed by atoms with van der Waals surface area (Å²) in [6, 6.07) is 0.694. The molecule has 1 nitrogen and oxygen atoms in total. The van der Waals surface area contributed by atoms with Crippen LogP contribution in [0.2, 0.25) is 0 Å². The fraction of sp³-hybridized carbons (Fsp3) is 1.00. The van der Waals surface area contributed by atoms with Crippen molar-refractivity contribution in [2.24, 2.45) is 5.92 Å². The van der Waals surface area contributed by atoms with Crippen LogP contribution in [-0.2, 0) is 0 Å². The topological polar surface area (TPSA) is 3.24 Å². The molecule has 0 radical (unpaired) electrons. The molecule has 0 aromatic rings. The van der Waals surface area contributed by atoms with Gasteiger partial charge in [0, 0.05) is 6.04 Å². The van der Waals surface area contributed by atoms with E-state index in [1.807, 2.05) is 0 Å². The summed E-state index contributed by atoms with van der Waals surface area (Å²) in [5.74, 6) is 0.885. The standard InChI is InChI=1S/C10H23N/c1-6-10(4)7-8-11(5)9(2)3/h9-10H,6-8H2,1-5H3/t10-/m0/s1. The van der Waals surface area contributed by atoms with E-state index in [0.717, 1.165) is 5.92 Å². The molecule has 0 aliphatic heterocycles. The van der Waals surface area contributed by atoms with Gasteiger partial charge in [-0.3, -0.25) is 0 Å². The van der Waals surface area contributed by atoms with E-state index in [4.69, 9.17) is 0 Å². The zero-order valence-electron chi connectivity index (χ0n) is 8.72. The molecular weight excluding hydrogens is 134 g/mol. The molecular formula is C10H23N. The molecule has 1 atom stereocenters. The molecule has 0 N–H and O–H groups in total. The molecule has 0 aromatic carbocycles. The van der Waals surface area contributed by atoms with E-state index in [9.17, 15) is 0 Å². The summed E-state index contributed by atoms with van der Waals surface area (Å²) in [6.07, 6.45) is 2.65. The summed E-state index contributed by atoms with van der Waals surface area (Å²) < 4.78 is 0. The zero-order valence-corrected chi connectivity index (χ0v) is 8.72. The lowest BCUT2D eigenvalue weighted by atomic mass is 10.1. The fourth-order valence-corrected chi connectivity index (χ4v) is 0.886. The van der Waals surface area contributed by atoms with Gasteiger partial charge in [0.05, 0.1) is 0 Å². The molecule has 11 heavy (non-hydrogen) atoms. The minimum Gasteiger partial charge on any atom is -0.304 e. The maximum absolute atomic E-state index is 2.41. The summed E-state index contributed by atoms with van der Waals surface area (Å²) in [5.41, 5.74) is 0. The number of hydrogen-bond donors (Lipinski definition) is 0. The second-order valence-electron chi connectivity index (χ2n) is 3.88. The Morgan fingerprint density at radius 2 is 1.73 bits per heavy atom. The summed E-state index contributed by atoms with van der Waals surface area (Å²) >= 11 is 0. The summed E-state index contributed by atoms with van der Waals surface area (Å²) in [5, 5.41) is 0. The molecule has 0 saturated heterocycles. The summed E-state index contributed by atoms with van der Waals surface area (Å²) in [4.78, 5) is 2.41.